The quantitative estimate of drug-likeness (QED) is 0.810. The van der Waals surface area contributed by atoms with Gasteiger partial charge in [0, 0.05) is 12.6 Å². The fraction of sp³-hybridized carbons (Fsp3) is 0.400. The Hall–Kier alpha value is -1.81. The number of hydrogen-bond donors (Lipinski definition) is 1. The molecular formula is C15H20N2O2. The lowest BCUT2D eigenvalue weighted by Crippen LogP contribution is -2.13. The van der Waals surface area contributed by atoms with Crippen LogP contribution in [0, 0.1) is 6.92 Å². The summed E-state index contributed by atoms with van der Waals surface area (Å²) in [6, 6.07) is 7.97. The molecule has 4 heteroatoms. The maximum Gasteiger partial charge on any atom is 0.170 e. The molecule has 0 radical (unpaired) electrons. The van der Waals surface area contributed by atoms with Crippen LogP contribution >= 0.6 is 0 Å². The van der Waals surface area contributed by atoms with E-state index in [1.54, 1.807) is 7.11 Å². The van der Waals surface area contributed by atoms with Crippen molar-refractivity contribution in [2.24, 2.45) is 0 Å². The van der Waals surface area contributed by atoms with E-state index in [1.807, 2.05) is 31.2 Å². The standard InChI is InChI=1S/C15H20N2O2/c1-4-7-16-10-12-9-15(19-17-12)13-8-11(2)5-6-14(13)18-3/h5-6,8-9,16H,4,7,10H2,1-3H3. The number of methoxy groups -OCH3 is 1. The summed E-state index contributed by atoms with van der Waals surface area (Å²) >= 11 is 0. The second-order valence-corrected chi connectivity index (χ2v) is 4.56. The highest BCUT2D eigenvalue weighted by Crippen LogP contribution is 2.31. The average Bonchev–Trinajstić information content (AvgIpc) is 2.88. The van der Waals surface area contributed by atoms with Crippen molar-refractivity contribution in [2.45, 2.75) is 26.8 Å². The summed E-state index contributed by atoms with van der Waals surface area (Å²) in [4.78, 5) is 0. The first-order chi connectivity index (χ1) is 9.24. The molecule has 1 aromatic heterocycles. The molecule has 19 heavy (non-hydrogen) atoms. The molecule has 0 bridgehead atoms. The topological polar surface area (TPSA) is 47.3 Å². The van der Waals surface area contributed by atoms with Crippen LogP contribution in [0.25, 0.3) is 11.3 Å². The predicted octanol–water partition coefficient (Wildman–Crippen LogP) is 3.16. The van der Waals surface area contributed by atoms with E-state index in [1.165, 1.54) is 0 Å². The molecule has 0 aliphatic heterocycles. The second-order valence-electron chi connectivity index (χ2n) is 4.56. The van der Waals surface area contributed by atoms with Gasteiger partial charge in [-0.05, 0) is 32.0 Å². The zero-order valence-electron chi connectivity index (χ0n) is 11.7. The minimum Gasteiger partial charge on any atom is -0.496 e. The third kappa shape index (κ3) is 3.35. The van der Waals surface area contributed by atoms with Crippen LogP contribution in [0.4, 0.5) is 0 Å². The van der Waals surface area contributed by atoms with E-state index in [0.717, 1.165) is 47.8 Å². The number of nitrogens with zero attached hydrogens (tertiary/aromatic N) is 1. The smallest absolute Gasteiger partial charge is 0.170 e. The molecular weight excluding hydrogens is 240 g/mol. The molecule has 0 aliphatic carbocycles. The Morgan fingerprint density at radius 3 is 2.89 bits per heavy atom. The molecule has 0 spiro atoms. The number of rotatable bonds is 6. The molecule has 0 unspecified atom stereocenters. The summed E-state index contributed by atoms with van der Waals surface area (Å²) in [5.41, 5.74) is 3.02. The normalized spacial score (nSPS) is 10.7. The van der Waals surface area contributed by atoms with Crippen LogP contribution in [0.15, 0.2) is 28.8 Å². The van der Waals surface area contributed by atoms with E-state index < -0.39 is 0 Å². The molecule has 102 valence electrons. The van der Waals surface area contributed by atoms with Gasteiger partial charge in [-0.15, -0.1) is 0 Å². The van der Waals surface area contributed by atoms with E-state index in [9.17, 15) is 0 Å². The van der Waals surface area contributed by atoms with Gasteiger partial charge in [-0.1, -0.05) is 23.7 Å². The van der Waals surface area contributed by atoms with Gasteiger partial charge in [-0.25, -0.2) is 0 Å². The minimum atomic E-state index is 0.728. The molecule has 1 N–H and O–H groups in total. The van der Waals surface area contributed by atoms with Crippen molar-refractivity contribution in [1.29, 1.82) is 0 Å². The number of benzene rings is 1. The Bertz CT molecular complexity index is 535. The first-order valence-electron chi connectivity index (χ1n) is 6.56. The van der Waals surface area contributed by atoms with Crippen molar-refractivity contribution in [1.82, 2.24) is 10.5 Å². The van der Waals surface area contributed by atoms with Gasteiger partial charge in [0.1, 0.15) is 5.75 Å². The monoisotopic (exact) mass is 260 g/mol. The van der Waals surface area contributed by atoms with Crippen molar-refractivity contribution in [2.75, 3.05) is 13.7 Å². The van der Waals surface area contributed by atoms with Crippen molar-refractivity contribution < 1.29 is 9.26 Å². The van der Waals surface area contributed by atoms with Gasteiger partial charge in [0.25, 0.3) is 0 Å². The first-order valence-corrected chi connectivity index (χ1v) is 6.56. The van der Waals surface area contributed by atoms with Crippen LogP contribution in [0.2, 0.25) is 0 Å². The van der Waals surface area contributed by atoms with Crippen LogP contribution < -0.4 is 10.1 Å². The Labute approximate surface area is 113 Å². The molecule has 0 fully saturated rings. The fourth-order valence-corrected chi connectivity index (χ4v) is 1.93. The molecule has 2 aromatic rings. The Balaban J connectivity index is 2.20. The summed E-state index contributed by atoms with van der Waals surface area (Å²) in [6.07, 6.45) is 1.11. The van der Waals surface area contributed by atoms with Gasteiger partial charge < -0.3 is 14.6 Å². The molecule has 1 aromatic carbocycles. The molecule has 0 aliphatic rings. The van der Waals surface area contributed by atoms with Crippen LogP contribution in [0.1, 0.15) is 24.6 Å². The fourth-order valence-electron chi connectivity index (χ4n) is 1.93. The SMILES string of the molecule is CCCNCc1cc(-c2cc(C)ccc2OC)on1. The average molecular weight is 260 g/mol. The lowest BCUT2D eigenvalue weighted by atomic mass is 10.1. The van der Waals surface area contributed by atoms with E-state index in [4.69, 9.17) is 9.26 Å². The lowest BCUT2D eigenvalue weighted by Gasteiger charge is -2.05. The van der Waals surface area contributed by atoms with Gasteiger partial charge in [0.2, 0.25) is 0 Å². The number of aromatic nitrogens is 1. The number of hydrogen-bond acceptors (Lipinski definition) is 4. The molecule has 0 saturated heterocycles. The van der Waals surface area contributed by atoms with Crippen molar-refractivity contribution >= 4 is 0 Å². The number of ether oxygens (including phenoxy) is 1. The highest BCUT2D eigenvalue weighted by Gasteiger charge is 2.11. The van der Waals surface area contributed by atoms with Crippen molar-refractivity contribution in [3.63, 3.8) is 0 Å². The summed E-state index contributed by atoms with van der Waals surface area (Å²) in [7, 11) is 1.66. The van der Waals surface area contributed by atoms with Gasteiger partial charge in [0.15, 0.2) is 5.76 Å². The van der Waals surface area contributed by atoms with Crippen LogP contribution in [0.5, 0.6) is 5.75 Å². The van der Waals surface area contributed by atoms with E-state index in [2.05, 4.69) is 17.4 Å². The zero-order valence-corrected chi connectivity index (χ0v) is 11.7. The molecule has 0 amide bonds. The molecule has 1 heterocycles. The molecule has 0 atom stereocenters. The van der Waals surface area contributed by atoms with E-state index >= 15 is 0 Å². The van der Waals surface area contributed by atoms with Crippen molar-refractivity contribution in [3.05, 3.63) is 35.5 Å². The van der Waals surface area contributed by atoms with E-state index in [0.29, 0.717) is 0 Å². The summed E-state index contributed by atoms with van der Waals surface area (Å²) in [5.74, 6) is 1.55. The Morgan fingerprint density at radius 1 is 1.32 bits per heavy atom. The molecule has 4 nitrogen and oxygen atoms in total. The number of nitrogens with one attached hydrogen (secondary N) is 1. The van der Waals surface area contributed by atoms with Crippen molar-refractivity contribution in [3.8, 4) is 17.1 Å². The summed E-state index contributed by atoms with van der Waals surface area (Å²) < 4.78 is 10.8. The number of aryl methyl sites for hydroxylation is 1. The predicted molar refractivity (Wildman–Crippen MR) is 75.2 cm³/mol. The van der Waals surface area contributed by atoms with Crippen LogP contribution in [-0.2, 0) is 6.54 Å². The Morgan fingerprint density at radius 2 is 2.16 bits per heavy atom. The van der Waals surface area contributed by atoms with Crippen LogP contribution in [-0.4, -0.2) is 18.8 Å². The maximum absolute atomic E-state index is 5.41. The zero-order chi connectivity index (χ0) is 13.7. The largest absolute Gasteiger partial charge is 0.496 e. The third-order valence-corrected chi connectivity index (χ3v) is 2.91. The van der Waals surface area contributed by atoms with Gasteiger partial charge in [-0.2, -0.15) is 0 Å². The minimum absolute atomic E-state index is 0.728. The highest BCUT2D eigenvalue weighted by atomic mass is 16.5. The third-order valence-electron chi connectivity index (χ3n) is 2.91. The Kier molecular flexibility index (Phi) is 4.58. The second kappa shape index (κ2) is 6.38. The molecule has 0 saturated carbocycles. The van der Waals surface area contributed by atoms with Gasteiger partial charge in [-0.3, -0.25) is 0 Å². The summed E-state index contributed by atoms with van der Waals surface area (Å²) in [6.45, 7) is 5.89. The highest BCUT2D eigenvalue weighted by molar-refractivity contribution is 5.66. The first kappa shape index (κ1) is 13.6. The van der Waals surface area contributed by atoms with Gasteiger partial charge in [0.05, 0.1) is 18.4 Å². The maximum atomic E-state index is 5.41. The summed E-state index contributed by atoms with van der Waals surface area (Å²) in [5, 5.41) is 7.38. The van der Waals surface area contributed by atoms with Crippen LogP contribution in [0.3, 0.4) is 0 Å². The molecule has 2 rings (SSSR count). The van der Waals surface area contributed by atoms with E-state index in [-0.39, 0.29) is 0 Å². The van der Waals surface area contributed by atoms with Gasteiger partial charge >= 0.3 is 0 Å². The lowest BCUT2D eigenvalue weighted by molar-refractivity contribution is 0.402.